The van der Waals surface area contributed by atoms with Gasteiger partial charge in [-0.1, -0.05) is 30.3 Å². The Morgan fingerprint density at radius 1 is 0.929 bits per heavy atom. The van der Waals surface area contributed by atoms with Gasteiger partial charge in [-0.3, -0.25) is 9.78 Å². The fourth-order valence-electron chi connectivity index (χ4n) is 2.89. The third-order valence-corrected chi connectivity index (χ3v) is 4.35. The Bertz CT molecular complexity index is 813. The number of rotatable bonds is 9. The summed E-state index contributed by atoms with van der Waals surface area (Å²) in [5.74, 6) is 1.54. The van der Waals surface area contributed by atoms with Crippen molar-refractivity contribution >= 4 is 5.91 Å². The van der Waals surface area contributed by atoms with Crippen LogP contribution in [0.3, 0.4) is 0 Å². The first-order valence-electron chi connectivity index (χ1n) is 9.27. The van der Waals surface area contributed by atoms with Crippen LogP contribution in [0.1, 0.15) is 30.0 Å². The molecule has 0 saturated carbocycles. The van der Waals surface area contributed by atoms with E-state index in [0.717, 1.165) is 22.6 Å². The van der Waals surface area contributed by atoms with Gasteiger partial charge in [0, 0.05) is 18.8 Å². The zero-order chi connectivity index (χ0) is 19.6. The topological polar surface area (TPSA) is 60.5 Å². The van der Waals surface area contributed by atoms with Crippen LogP contribution in [-0.2, 0) is 4.79 Å². The van der Waals surface area contributed by atoms with Gasteiger partial charge in [0.25, 0.3) is 0 Å². The minimum atomic E-state index is -0.195. The highest BCUT2D eigenvalue weighted by molar-refractivity contribution is 5.77. The van der Waals surface area contributed by atoms with Crippen LogP contribution in [0.25, 0.3) is 0 Å². The fraction of sp³-hybridized carbons (Fsp3) is 0.217. The molecule has 0 fully saturated rings. The molecule has 1 amide bonds. The van der Waals surface area contributed by atoms with Crippen molar-refractivity contribution in [3.8, 4) is 11.5 Å². The second kappa shape index (κ2) is 10.1. The van der Waals surface area contributed by atoms with Gasteiger partial charge in [-0.2, -0.15) is 0 Å². The molecule has 2 aromatic carbocycles. The number of nitrogens with zero attached hydrogens (tertiary/aromatic N) is 1. The van der Waals surface area contributed by atoms with Gasteiger partial charge in [-0.25, -0.2) is 0 Å². The summed E-state index contributed by atoms with van der Waals surface area (Å²) in [6, 6.07) is 21.0. The molecule has 1 aromatic heterocycles. The average Bonchev–Trinajstić information content (AvgIpc) is 2.76. The second-order valence-corrected chi connectivity index (χ2v) is 6.32. The number of carbonyl (C=O) groups is 1. The lowest BCUT2D eigenvalue weighted by Gasteiger charge is -2.19. The van der Waals surface area contributed by atoms with E-state index in [1.807, 2.05) is 66.7 Å². The molecule has 0 aliphatic heterocycles. The summed E-state index contributed by atoms with van der Waals surface area (Å²) in [5.41, 5.74) is 2.04. The molecule has 5 nitrogen and oxygen atoms in total. The van der Waals surface area contributed by atoms with Crippen molar-refractivity contribution in [3.05, 3.63) is 90.3 Å². The van der Waals surface area contributed by atoms with E-state index in [2.05, 4.69) is 10.3 Å². The summed E-state index contributed by atoms with van der Waals surface area (Å²) in [4.78, 5) is 16.6. The summed E-state index contributed by atoms with van der Waals surface area (Å²) < 4.78 is 10.8. The van der Waals surface area contributed by atoms with E-state index in [0.29, 0.717) is 19.4 Å². The lowest BCUT2D eigenvalue weighted by Crippen LogP contribution is -2.29. The number of ether oxygens (including phenoxy) is 2. The predicted molar refractivity (Wildman–Crippen MR) is 108 cm³/mol. The first-order chi connectivity index (χ1) is 13.8. The summed E-state index contributed by atoms with van der Waals surface area (Å²) >= 11 is 0. The van der Waals surface area contributed by atoms with Gasteiger partial charge in [0.05, 0.1) is 19.8 Å². The number of hydrogen-bond donors (Lipinski definition) is 1. The molecule has 0 aliphatic carbocycles. The largest absolute Gasteiger partial charge is 0.497 e. The first kappa shape index (κ1) is 19.4. The van der Waals surface area contributed by atoms with Gasteiger partial charge in [0.15, 0.2) is 0 Å². The summed E-state index contributed by atoms with van der Waals surface area (Å²) in [6.45, 7) is 0.477. The number of amides is 1. The minimum absolute atomic E-state index is 0.0102. The van der Waals surface area contributed by atoms with Crippen LogP contribution >= 0.6 is 0 Å². The number of pyridine rings is 1. The number of carbonyl (C=O) groups excluding carboxylic acids is 1. The number of methoxy groups -OCH3 is 1. The molecule has 3 rings (SSSR count). The Kier molecular flexibility index (Phi) is 7.01. The van der Waals surface area contributed by atoms with Crippen LogP contribution in [-0.4, -0.2) is 24.6 Å². The van der Waals surface area contributed by atoms with Gasteiger partial charge < -0.3 is 14.8 Å². The van der Waals surface area contributed by atoms with E-state index >= 15 is 0 Å². The molecular weight excluding hydrogens is 352 g/mol. The van der Waals surface area contributed by atoms with Crippen molar-refractivity contribution in [1.82, 2.24) is 10.3 Å². The Morgan fingerprint density at radius 3 is 2.25 bits per heavy atom. The molecule has 0 spiro atoms. The molecule has 1 atom stereocenters. The molecule has 1 heterocycles. The zero-order valence-electron chi connectivity index (χ0n) is 15.9. The fourth-order valence-corrected chi connectivity index (χ4v) is 2.89. The predicted octanol–water partition coefficient (Wildman–Crippen LogP) is 4.16. The number of nitrogens with one attached hydrogen (secondary N) is 1. The number of aromatic nitrogens is 1. The summed E-state index contributed by atoms with van der Waals surface area (Å²) in [7, 11) is 1.63. The highest BCUT2D eigenvalue weighted by Crippen LogP contribution is 2.21. The third kappa shape index (κ3) is 5.58. The molecule has 5 heteroatoms. The molecular formula is C23H24N2O3. The molecule has 0 saturated heterocycles. The maximum Gasteiger partial charge on any atom is 0.220 e. The molecule has 1 N–H and O–H groups in total. The van der Waals surface area contributed by atoms with Gasteiger partial charge >= 0.3 is 0 Å². The quantitative estimate of drug-likeness (QED) is 0.570. The molecule has 1 unspecified atom stereocenters. The van der Waals surface area contributed by atoms with E-state index in [1.165, 1.54) is 0 Å². The minimum Gasteiger partial charge on any atom is -0.497 e. The van der Waals surface area contributed by atoms with Gasteiger partial charge in [0.2, 0.25) is 5.91 Å². The van der Waals surface area contributed by atoms with Crippen molar-refractivity contribution < 1.29 is 14.3 Å². The van der Waals surface area contributed by atoms with E-state index in [9.17, 15) is 4.79 Å². The van der Waals surface area contributed by atoms with Crippen molar-refractivity contribution in [2.75, 3.05) is 13.7 Å². The Hall–Kier alpha value is -3.34. The Labute approximate surface area is 165 Å². The average molecular weight is 376 g/mol. The molecule has 0 aliphatic rings. The second-order valence-electron chi connectivity index (χ2n) is 6.32. The standard InChI is InChI=1S/C23H24N2O3/c1-27-20-9-11-21(12-10-20)28-17-5-8-22(26)25-23(18-6-3-2-4-7-18)19-13-15-24-16-14-19/h2-4,6-7,9-16,23H,5,8,17H2,1H3,(H,25,26). The number of benzene rings is 2. The highest BCUT2D eigenvalue weighted by atomic mass is 16.5. The highest BCUT2D eigenvalue weighted by Gasteiger charge is 2.16. The molecule has 0 radical (unpaired) electrons. The van der Waals surface area contributed by atoms with Crippen molar-refractivity contribution in [1.29, 1.82) is 0 Å². The summed E-state index contributed by atoms with van der Waals surface area (Å²) in [5, 5.41) is 3.12. The van der Waals surface area contributed by atoms with Crippen molar-refractivity contribution in [3.63, 3.8) is 0 Å². The third-order valence-electron chi connectivity index (χ3n) is 4.35. The normalized spacial score (nSPS) is 11.5. The first-order valence-corrected chi connectivity index (χ1v) is 9.27. The van der Waals surface area contributed by atoms with Gasteiger partial charge in [-0.15, -0.1) is 0 Å². The molecule has 144 valence electrons. The number of hydrogen-bond acceptors (Lipinski definition) is 4. The SMILES string of the molecule is COc1ccc(OCCCC(=O)NC(c2ccccc2)c2ccncc2)cc1. The maximum absolute atomic E-state index is 12.5. The zero-order valence-corrected chi connectivity index (χ0v) is 15.9. The van der Waals surface area contributed by atoms with Crippen LogP contribution in [0.2, 0.25) is 0 Å². The van der Waals surface area contributed by atoms with E-state index in [4.69, 9.17) is 9.47 Å². The van der Waals surface area contributed by atoms with Crippen molar-refractivity contribution in [2.45, 2.75) is 18.9 Å². The Balaban J connectivity index is 1.52. The lowest BCUT2D eigenvalue weighted by molar-refractivity contribution is -0.121. The van der Waals surface area contributed by atoms with Crippen LogP contribution < -0.4 is 14.8 Å². The maximum atomic E-state index is 12.5. The Morgan fingerprint density at radius 2 is 1.57 bits per heavy atom. The summed E-state index contributed by atoms with van der Waals surface area (Å²) in [6.07, 6.45) is 4.50. The van der Waals surface area contributed by atoms with Gasteiger partial charge in [-0.05, 0) is 53.9 Å². The van der Waals surface area contributed by atoms with E-state index in [-0.39, 0.29) is 11.9 Å². The van der Waals surface area contributed by atoms with Gasteiger partial charge in [0.1, 0.15) is 11.5 Å². The van der Waals surface area contributed by atoms with E-state index in [1.54, 1.807) is 19.5 Å². The van der Waals surface area contributed by atoms with Crippen molar-refractivity contribution in [2.24, 2.45) is 0 Å². The molecule has 0 bridgehead atoms. The lowest BCUT2D eigenvalue weighted by atomic mass is 9.99. The van der Waals surface area contributed by atoms with Crippen LogP contribution in [0.15, 0.2) is 79.1 Å². The molecule has 3 aromatic rings. The molecule has 28 heavy (non-hydrogen) atoms. The van der Waals surface area contributed by atoms with Crippen LogP contribution in [0.5, 0.6) is 11.5 Å². The van der Waals surface area contributed by atoms with Crippen LogP contribution in [0, 0.1) is 0 Å². The van der Waals surface area contributed by atoms with Crippen LogP contribution in [0.4, 0.5) is 0 Å². The smallest absolute Gasteiger partial charge is 0.220 e. The monoisotopic (exact) mass is 376 g/mol. The van der Waals surface area contributed by atoms with E-state index < -0.39 is 0 Å².